The number of hydrogen-bond acceptors (Lipinski definition) is 6. The molecule has 0 aliphatic heterocycles. The Morgan fingerprint density at radius 2 is 1.60 bits per heavy atom. The Morgan fingerprint density at radius 1 is 0.967 bits per heavy atom. The first-order chi connectivity index (χ1) is 14.2. The number of nitrogens with two attached hydrogens (primary N) is 1. The van der Waals surface area contributed by atoms with E-state index < -0.39 is 46.0 Å². The first kappa shape index (κ1) is 20.6. The van der Waals surface area contributed by atoms with Gasteiger partial charge in [0.1, 0.15) is 22.7 Å². The van der Waals surface area contributed by atoms with Crippen molar-refractivity contribution in [2.75, 3.05) is 5.73 Å². The summed E-state index contributed by atoms with van der Waals surface area (Å²) < 4.78 is 5.27. The van der Waals surface area contributed by atoms with Gasteiger partial charge in [-0.3, -0.25) is 4.79 Å². The zero-order valence-electron chi connectivity index (χ0n) is 15.0. The van der Waals surface area contributed by atoms with Crippen LogP contribution in [-0.2, 0) is 0 Å². The summed E-state index contributed by atoms with van der Waals surface area (Å²) in [5.74, 6) is -4.40. The maximum atomic E-state index is 12.3. The number of aromatic nitrogens is 1. The van der Waals surface area contributed by atoms with E-state index in [4.69, 9.17) is 22.1 Å². The number of nitrogen functional groups attached to an aromatic ring is 1. The van der Waals surface area contributed by atoms with Crippen molar-refractivity contribution < 1.29 is 29.3 Å². The Balaban J connectivity index is 2.11. The zero-order valence-corrected chi connectivity index (χ0v) is 15.8. The number of carbonyl (C=O) groups is 3. The minimum absolute atomic E-state index is 0.000944. The number of esters is 1. The molecule has 30 heavy (non-hydrogen) atoms. The van der Waals surface area contributed by atoms with E-state index in [9.17, 15) is 29.4 Å². The summed E-state index contributed by atoms with van der Waals surface area (Å²) in [5, 5.41) is 19.4. The number of H-pyrrole nitrogens is 1. The summed E-state index contributed by atoms with van der Waals surface area (Å²) in [7, 11) is 0. The van der Waals surface area contributed by atoms with E-state index in [2.05, 4.69) is 0 Å². The lowest BCUT2D eigenvalue weighted by molar-refractivity contribution is 0.0692. The van der Waals surface area contributed by atoms with Crippen molar-refractivity contribution in [3.05, 3.63) is 80.6 Å². The topological polar surface area (TPSA) is 160 Å². The number of ether oxygens (including phenoxy) is 1. The van der Waals surface area contributed by atoms with Crippen LogP contribution in [0.15, 0.2) is 53.3 Å². The number of carboxylic acid groups (broad SMARTS) is 2. The number of anilines is 1. The molecule has 0 fully saturated rings. The Morgan fingerprint density at radius 3 is 2.20 bits per heavy atom. The van der Waals surface area contributed by atoms with E-state index in [0.29, 0.717) is 5.02 Å². The third-order valence-electron chi connectivity index (χ3n) is 4.09. The van der Waals surface area contributed by atoms with Crippen LogP contribution in [0.25, 0.3) is 11.1 Å². The molecule has 0 saturated heterocycles. The number of benzene rings is 2. The summed E-state index contributed by atoms with van der Waals surface area (Å²) in [5.41, 5.74) is 2.98. The molecule has 2 aromatic carbocycles. The van der Waals surface area contributed by atoms with Gasteiger partial charge >= 0.3 is 17.9 Å². The van der Waals surface area contributed by atoms with Gasteiger partial charge in [-0.25, -0.2) is 14.4 Å². The predicted molar refractivity (Wildman–Crippen MR) is 107 cm³/mol. The van der Waals surface area contributed by atoms with Crippen molar-refractivity contribution >= 4 is 35.3 Å². The summed E-state index contributed by atoms with van der Waals surface area (Å²) in [6.07, 6.45) is 0. The van der Waals surface area contributed by atoms with Crippen molar-refractivity contribution in [3.63, 3.8) is 0 Å². The summed E-state index contributed by atoms with van der Waals surface area (Å²) >= 11 is 5.79. The Hall–Kier alpha value is -4.11. The lowest BCUT2D eigenvalue weighted by Gasteiger charge is -2.13. The second-order valence-electron chi connectivity index (χ2n) is 6.03. The summed E-state index contributed by atoms with van der Waals surface area (Å²) in [6.45, 7) is 0. The number of aromatic amines is 1. The van der Waals surface area contributed by atoms with Crippen molar-refractivity contribution in [2.24, 2.45) is 0 Å². The third kappa shape index (κ3) is 4.01. The van der Waals surface area contributed by atoms with Gasteiger partial charge in [-0.05, 0) is 42.0 Å². The minimum Gasteiger partial charge on any atom is -0.478 e. The largest absolute Gasteiger partial charge is 0.478 e. The molecule has 0 spiro atoms. The summed E-state index contributed by atoms with van der Waals surface area (Å²) in [6, 6.07) is 11.3. The van der Waals surface area contributed by atoms with Crippen LogP contribution in [0.5, 0.6) is 5.75 Å². The number of hydrogen-bond donors (Lipinski definition) is 4. The van der Waals surface area contributed by atoms with Gasteiger partial charge in [-0.15, -0.1) is 0 Å². The first-order valence-corrected chi connectivity index (χ1v) is 8.67. The fourth-order valence-corrected chi connectivity index (χ4v) is 2.93. The van der Waals surface area contributed by atoms with Gasteiger partial charge < -0.3 is 25.7 Å². The van der Waals surface area contributed by atoms with Crippen molar-refractivity contribution in [1.29, 1.82) is 0 Å². The molecule has 3 aromatic rings. The van der Waals surface area contributed by atoms with Gasteiger partial charge in [-0.1, -0.05) is 23.7 Å². The highest BCUT2D eigenvalue weighted by Crippen LogP contribution is 2.31. The molecule has 0 aliphatic carbocycles. The molecular formula is C20H13ClN2O7. The lowest BCUT2D eigenvalue weighted by atomic mass is 9.95. The fraction of sp³-hybridized carbons (Fsp3) is 0. The molecule has 0 atom stereocenters. The highest BCUT2D eigenvalue weighted by molar-refractivity contribution is 6.30. The predicted octanol–water partition coefficient (Wildman–Crippen LogP) is 2.89. The van der Waals surface area contributed by atoms with Crippen LogP contribution in [0.2, 0.25) is 5.02 Å². The van der Waals surface area contributed by atoms with E-state index in [-0.39, 0.29) is 16.9 Å². The SMILES string of the molecule is Nc1[nH]c(=O)c(C(=O)O)c(-c2cccc(OC(=O)c3ccc(Cl)cc3)c2)c1C(=O)O. The van der Waals surface area contributed by atoms with E-state index in [1.54, 1.807) is 0 Å². The molecule has 0 aliphatic rings. The Kier molecular flexibility index (Phi) is 5.56. The second-order valence-corrected chi connectivity index (χ2v) is 6.46. The van der Waals surface area contributed by atoms with Crippen molar-refractivity contribution in [1.82, 2.24) is 4.98 Å². The average Bonchev–Trinajstić information content (AvgIpc) is 2.67. The highest BCUT2D eigenvalue weighted by atomic mass is 35.5. The van der Waals surface area contributed by atoms with E-state index >= 15 is 0 Å². The van der Waals surface area contributed by atoms with E-state index in [1.807, 2.05) is 4.98 Å². The van der Waals surface area contributed by atoms with Gasteiger partial charge in [0.25, 0.3) is 5.56 Å². The van der Waals surface area contributed by atoms with E-state index in [0.717, 1.165) is 0 Å². The molecule has 0 radical (unpaired) electrons. The molecular weight excluding hydrogens is 416 g/mol. The minimum atomic E-state index is -1.64. The molecule has 9 nitrogen and oxygen atoms in total. The van der Waals surface area contributed by atoms with Crippen LogP contribution < -0.4 is 16.0 Å². The smallest absolute Gasteiger partial charge is 0.343 e. The molecule has 152 valence electrons. The molecule has 0 unspecified atom stereocenters. The quantitative estimate of drug-likeness (QED) is 0.356. The second kappa shape index (κ2) is 8.10. The lowest BCUT2D eigenvalue weighted by Crippen LogP contribution is -2.24. The van der Waals surface area contributed by atoms with E-state index in [1.165, 1.54) is 48.5 Å². The molecule has 0 saturated carbocycles. The van der Waals surface area contributed by atoms with Crippen LogP contribution in [0.1, 0.15) is 31.1 Å². The Bertz CT molecular complexity index is 1230. The van der Waals surface area contributed by atoms with Crippen LogP contribution in [-0.4, -0.2) is 33.1 Å². The number of halogens is 1. The number of carbonyl (C=O) groups excluding carboxylic acids is 1. The van der Waals surface area contributed by atoms with Crippen molar-refractivity contribution in [3.8, 4) is 16.9 Å². The molecule has 1 heterocycles. The van der Waals surface area contributed by atoms with Crippen LogP contribution >= 0.6 is 11.6 Å². The monoisotopic (exact) mass is 428 g/mol. The fourth-order valence-electron chi connectivity index (χ4n) is 2.80. The van der Waals surface area contributed by atoms with Gasteiger partial charge in [0, 0.05) is 10.6 Å². The number of carboxylic acids is 2. The molecule has 0 amide bonds. The molecule has 3 rings (SSSR count). The molecule has 1 aromatic heterocycles. The molecule has 0 bridgehead atoms. The average molecular weight is 429 g/mol. The van der Waals surface area contributed by atoms with Crippen LogP contribution in [0, 0.1) is 0 Å². The van der Waals surface area contributed by atoms with Gasteiger partial charge in [0.05, 0.1) is 5.56 Å². The number of aromatic carboxylic acids is 2. The Labute approximate surface area is 173 Å². The maximum absolute atomic E-state index is 12.3. The maximum Gasteiger partial charge on any atom is 0.343 e. The zero-order chi connectivity index (χ0) is 22.0. The first-order valence-electron chi connectivity index (χ1n) is 8.29. The van der Waals surface area contributed by atoms with Gasteiger partial charge in [-0.2, -0.15) is 0 Å². The van der Waals surface area contributed by atoms with Crippen molar-refractivity contribution in [2.45, 2.75) is 0 Å². The highest BCUT2D eigenvalue weighted by Gasteiger charge is 2.26. The number of nitrogens with one attached hydrogen (secondary N) is 1. The molecule has 10 heteroatoms. The number of rotatable bonds is 5. The van der Waals surface area contributed by atoms with Crippen LogP contribution in [0.3, 0.4) is 0 Å². The van der Waals surface area contributed by atoms with Gasteiger partial charge in [0.15, 0.2) is 0 Å². The third-order valence-corrected chi connectivity index (χ3v) is 4.34. The molecule has 5 N–H and O–H groups in total. The standard InChI is InChI=1S/C20H13ClN2O7/c21-11-6-4-9(5-7-11)20(29)30-12-3-1-2-10(8-12)13-14(18(25)26)16(22)23-17(24)15(13)19(27)28/h1-8H,(H,25,26)(H,27,28)(H3,22,23,24). The van der Waals surface area contributed by atoms with Crippen LogP contribution in [0.4, 0.5) is 5.82 Å². The number of pyridine rings is 1. The normalized spacial score (nSPS) is 10.4. The van der Waals surface area contributed by atoms with Gasteiger partial charge in [0.2, 0.25) is 0 Å². The summed E-state index contributed by atoms with van der Waals surface area (Å²) in [4.78, 5) is 49.8.